The number of amides is 1. The standard InChI is InChI=1S/C12H12F2N2O3/c1-6-2-7(3-6)15-12(17)8-4-10(14)11(16(18)19)5-9(8)13/h4-7H,2-3H2,1H3,(H,15,17). The maximum Gasteiger partial charge on any atom is 0.307 e. The van der Waals surface area contributed by atoms with Crippen LogP contribution in [0.3, 0.4) is 0 Å². The highest BCUT2D eigenvalue weighted by Crippen LogP contribution is 2.27. The van der Waals surface area contributed by atoms with E-state index in [1.165, 1.54) is 0 Å². The number of hydrogen-bond acceptors (Lipinski definition) is 3. The van der Waals surface area contributed by atoms with Gasteiger partial charge in [-0.2, -0.15) is 4.39 Å². The van der Waals surface area contributed by atoms with Crippen molar-refractivity contribution in [3.05, 3.63) is 39.4 Å². The van der Waals surface area contributed by atoms with Crippen LogP contribution in [0.1, 0.15) is 30.1 Å². The Kier molecular flexibility index (Phi) is 3.46. The molecule has 0 spiro atoms. The third-order valence-electron chi connectivity index (χ3n) is 3.19. The molecule has 0 atom stereocenters. The van der Waals surface area contributed by atoms with Gasteiger partial charge in [0.15, 0.2) is 0 Å². The zero-order valence-corrected chi connectivity index (χ0v) is 10.2. The largest absolute Gasteiger partial charge is 0.349 e. The number of carbonyl (C=O) groups excluding carboxylic acids is 1. The summed E-state index contributed by atoms with van der Waals surface area (Å²) >= 11 is 0. The lowest BCUT2D eigenvalue weighted by Crippen LogP contribution is -2.43. The van der Waals surface area contributed by atoms with Gasteiger partial charge in [0.1, 0.15) is 5.82 Å². The molecule has 1 saturated carbocycles. The monoisotopic (exact) mass is 270 g/mol. The van der Waals surface area contributed by atoms with E-state index in [2.05, 4.69) is 5.32 Å². The van der Waals surface area contributed by atoms with Crippen LogP contribution in [-0.4, -0.2) is 16.9 Å². The molecule has 1 aliphatic rings. The molecule has 102 valence electrons. The topological polar surface area (TPSA) is 72.2 Å². The third-order valence-corrected chi connectivity index (χ3v) is 3.19. The smallest absolute Gasteiger partial charge is 0.307 e. The first-order chi connectivity index (χ1) is 8.88. The lowest BCUT2D eigenvalue weighted by atomic mass is 9.82. The lowest BCUT2D eigenvalue weighted by Gasteiger charge is -2.33. The summed E-state index contributed by atoms with van der Waals surface area (Å²) in [7, 11) is 0. The second-order valence-electron chi connectivity index (χ2n) is 4.79. The summed E-state index contributed by atoms with van der Waals surface area (Å²) in [5, 5.41) is 13.0. The van der Waals surface area contributed by atoms with Gasteiger partial charge in [-0.1, -0.05) is 6.92 Å². The number of nitro groups is 1. The van der Waals surface area contributed by atoms with Crippen LogP contribution in [0, 0.1) is 27.7 Å². The van der Waals surface area contributed by atoms with Gasteiger partial charge in [-0.05, 0) is 24.8 Å². The van der Waals surface area contributed by atoms with E-state index in [0.29, 0.717) is 18.1 Å². The molecule has 1 aliphatic carbocycles. The van der Waals surface area contributed by atoms with Crippen molar-refractivity contribution in [3.63, 3.8) is 0 Å². The van der Waals surface area contributed by atoms with Crippen LogP contribution < -0.4 is 5.32 Å². The molecular weight excluding hydrogens is 258 g/mol. The maximum absolute atomic E-state index is 13.6. The van der Waals surface area contributed by atoms with E-state index >= 15 is 0 Å². The molecular formula is C12H12F2N2O3. The SMILES string of the molecule is CC1CC(NC(=O)c2cc(F)c([N+](=O)[O-])cc2F)C1. The molecule has 1 amide bonds. The quantitative estimate of drug-likeness (QED) is 0.677. The number of nitrogens with one attached hydrogen (secondary N) is 1. The van der Waals surface area contributed by atoms with Gasteiger partial charge in [-0.3, -0.25) is 14.9 Å². The predicted octanol–water partition coefficient (Wildman–Crippen LogP) is 2.40. The van der Waals surface area contributed by atoms with Crippen molar-refractivity contribution in [2.24, 2.45) is 5.92 Å². The molecule has 0 aliphatic heterocycles. The van der Waals surface area contributed by atoms with E-state index in [1.807, 2.05) is 6.92 Å². The van der Waals surface area contributed by atoms with Crippen LogP contribution in [0.15, 0.2) is 12.1 Å². The van der Waals surface area contributed by atoms with Crippen LogP contribution in [0.2, 0.25) is 0 Å². The van der Waals surface area contributed by atoms with Crippen molar-refractivity contribution in [2.45, 2.75) is 25.8 Å². The Hall–Kier alpha value is -2.05. The van der Waals surface area contributed by atoms with Crippen molar-refractivity contribution in [1.29, 1.82) is 0 Å². The maximum atomic E-state index is 13.6. The van der Waals surface area contributed by atoms with Crippen LogP contribution in [-0.2, 0) is 0 Å². The summed E-state index contributed by atoms with van der Waals surface area (Å²) in [6.07, 6.45) is 1.59. The molecule has 7 heteroatoms. The first-order valence-corrected chi connectivity index (χ1v) is 5.82. The van der Waals surface area contributed by atoms with Crippen molar-refractivity contribution in [2.75, 3.05) is 0 Å². The summed E-state index contributed by atoms with van der Waals surface area (Å²) in [5.41, 5.74) is -1.49. The zero-order valence-electron chi connectivity index (χ0n) is 10.2. The Bertz CT molecular complexity index is 542. The number of hydrogen-bond donors (Lipinski definition) is 1. The molecule has 5 nitrogen and oxygen atoms in total. The molecule has 1 aromatic rings. The summed E-state index contributed by atoms with van der Waals surface area (Å²) in [4.78, 5) is 21.1. The molecule has 2 rings (SSSR count). The Morgan fingerprint density at radius 2 is 2.00 bits per heavy atom. The van der Waals surface area contributed by atoms with Crippen molar-refractivity contribution in [3.8, 4) is 0 Å². The van der Waals surface area contributed by atoms with Gasteiger partial charge in [0.2, 0.25) is 5.82 Å². The molecule has 1 aromatic carbocycles. The molecule has 0 bridgehead atoms. The fourth-order valence-corrected chi connectivity index (χ4v) is 2.13. The van der Waals surface area contributed by atoms with Gasteiger partial charge in [0, 0.05) is 6.04 Å². The van der Waals surface area contributed by atoms with E-state index in [9.17, 15) is 23.7 Å². The fourth-order valence-electron chi connectivity index (χ4n) is 2.13. The first-order valence-electron chi connectivity index (χ1n) is 5.82. The highest BCUT2D eigenvalue weighted by Gasteiger charge is 2.29. The van der Waals surface area contributed by atoms with Gasteiger partial charge in [-0.25, -0.2) is 4.39 Å². The second kappa shape index (κ2) is 4.91. The number of rotatable bonds is 3. The van der Waals surface area contributed by atoms with Crippen LogP contribution >= 0.6 is 0 Å². The van der Waals surface area contributed by atoms with Crippen molar-refractivity contribution < 1.29 is 18.5 Å². The minimum atomic E-state index is -1.22. The minimum Gasteiger partial charge on any atom is -0.349 e. The van der Waals surface area contributed by atoms with E-state index in [1.54, 1.807) is 0 Å². The van der Waals surface area contributed by atoms with Crippen molar-refractivity contribution >= 4 is 11.6 Å². The van der Waals surface area contributed by atoms with Crippen molar-refractivity contribution in [1.82, 2.24) is 5.32 Å². The van der Waals surface area contributed by atoms with E-state index < -0.39 is 33.7 Å². The summed E-state index contributed by atoms with van der Waals surface area (Å²) in [6, 6.07) is 0.943. The van der Waals surface area contributed by atoms with Crippen LogP contribution in [0.25, 0.3) is 0 Å². The molecule has 0 radical (unpaired) electrons. The van der Waals surface area contributed by atoms with Gasteiger partial charge < -0.3 is 5.32 Å². The molecule has 1 fully saturated rings. The molecule has 0 aromatic heterocycles. The average molecular weight is 270 g/mol. The zero-order chi connectivity index (χ0) is 14.2. The highest BCUT2D eigenvalue weighted by atomic mass is 19.1. The summed E-state index contributed by atoms with van der Waals surface area (Å²) in [5.74, 6) is -2.57. The summed E-state index contributed by atoms with van der Waals surface area (Å²) < 4.78 is 26.9. The number of nitrogens with zero attached hydrogens (tertiary/aromatic N) is 1. The fraction of sp³-hybridized carbons (Fsp3) is 0.417. The van der Waals surface area contributed by atoms with Gasteiger partial charge in [0.25, 0.3) is 5.91 Å². The Morgan fingerprint density at radius 3 is 2.53 bits per heavy atom. The van der Waals surface area contributed by atoms with Crippen LogP contribution in [0.4, 0.5) is 14.5 Å². The molecule has 0 saturated heterocycles. The van der Waals surface area contributed by atoms with Gasteiger partial charge >= 0.3 is 5.69 Å². The average Bonchev–Trinajstić information content (AvgIpc) is 2.29. The van der Waals surface area contributed by atoms with E-state index in [0.717, 1.165) is 12.8 Å². The number of carbonyl (C=O) groups is 1. The normalized spacial score (nSPS) is 21.6. The third kappa shape index (κ3) is 2.69. The number of nitro benzene ring substituents is 1. The number of halogens is 2. The van der Waals surface area contributed by atoms with E-state index in [4.69, 9.17) is 0 Å². The predicted molar refractivity (Wildman–Crippen MR) is 62.7 cm³/mol. The Morgan fingerprint density at radius 1 is 1.37 bits per heavy atom. The first kappa shape index (κ1) is 13.4. The lowest BCUT2D eigenvalue weighted by molar-refractivity contribution is -0.387. The molecule has 0 heterocycles. The van der Waals surface area contributed by atoms with E-state index in [-0.39, 0.29) is 6.04 Å². The second-order valence-corrected chi connectivity index (χ2v) is 4.79. The Balaban J connectivity index is 2.18. The number of benzene rings is 1. The van der Waals surface area contributed by atoms with Gasteiger partial charge in [-0.15, -0.1) is 0 Å². The van der Waals surface area contributed by atoms with Gasteiger partial charge in [0.05, 0.1) is 16.6 Å². The summed E-state index contributed by atoms with van der Waals surface area (Å²) in [6.45, 7) is 2.02. The molecule has 0 unspecified atom stereocenters. The highest BCUT2D eigenvalue weighted by molar-refractivity contribution is 5.95. The Labute approximate surface area is 107 Å². The molecule has 1 N–H and O–H groups in total. The minimum absolute atomic E-state index is 0.0415. The molecule has 19 heavy (non-hydrogen) atoms. The van der Waals surface area contributed by atoms with Crippen LogP contribution in [0.5, 0.6) is 0 Å².